The van der Waals surface area contributed by atoms with Gasteiger partial charge < -0.3 is 10.6 Å². The smallest absolute Gasteiger partial charge is 0.0332 e. The molecule has 0 radical (unpaired) electrons. The van der Waals surface area contributed by atoms with E-state index in [4.69, 9.17) is 5.73 Å². The van der Waals surface area contributed by atoms with Gasteiger partial charge in [-0.15, -0.1) is 0 Å². The molecule has 0 unspecified atom stereocenters. The first kappa shape index (κ1) is 13.3. The van der Waals surface area contributed by atoms with Crippen LogP contribution in [0.4, 0.5) is 0 Å². The molecular formula is C14H29N3. The Morgan fingerprint density at radius 3 is 1.94 bits per heavy atom. The summed E-state index contributed by atoms with van der Waals surface area (Å²) < 4.78 is 0. The lowest BCUT2D eigenvalue weighted by Gasteiger charge is -2.48. The van der Waals surface area contributed by atoms with Crippen LogP contribution in [0.25, 0.3) is 0 Å². The first-order valence-corrected chi connectivity index (χ1v) is 7.40. The molecule has 2 rings (SSSR count). The molecule has 0 aromatic rings. The van der Waals surface area contributed by atoms with E-state index in [1.54, 1.807) is 0 Å². The molecule has 0 atom stereocenters. The predicted octanol–water partition coefficient (Wildman–Crippen LogP) is 1.68. The van der Waals surface area contributed by atoms with E-state index < -0.39 is 0 Å². The van der Waals surface area contributed by atoms with Crippen molar-refractivity contribution in [1.82, 2.24) is 9.80 Å². The summed E-state index contributed by atoms with van der Waals surface area (Å²) in [5.41, 5.74) is 6.50. The second kappa shape index (κ2) is 6.17. The third kappa shape index (κ3) is 3.21. The second-order valence-electron chi connectivity index (χ2n) is 5.99. The van der Waals surface area contributed by atoms with Gasteiger partial charge in [0.1, 0.15) is 0 Å². The average molecular weight is 239 g/mol. The Labute approximate surface area is 106 Å². The molecule has 1 aliphatic carbocycles. The van der Waals surface area contributed by atoms with Gasteiger partial charge >= 0.3 is 0 Å². The number of rotatable bonds is 2. The maximum absolute atomic E-state index is 6.17. The van der Waals surface area contributed by atoms with Gasteiger partial charge in [0.25, 0.3) is 0 Å². The second-order valence-corrected chi connectivity index (χ2v) is 5.99. The highest BCUT2D eigenvalue weighted by Crippen LogP contribution is 2.31. The molecule has 2 aliphatic rings. The highest BCUT2D eigenvalue weighted by Gasteiger charge is 2.36. The highest BCUT2D eigenvalue weighted by atomic mass is 15.3. The first-order chi connectivity index (χ1) is 8.27. The van der Waals surface area contributed by atoms with Crippen molar-refractivity contribution in [1.29, 1.82) is 0 Å². The van der Waals surface area contributed by atoms with Crippen LogP contribution in [0.15, 0.2) is 0 Å². The summed E-state index contributed by atoms with van der Waals surface area (Å²) in [7, 11) is 2.23. The predicted molar refractivity (Wildman–Crippen MR) is 73.2 cm³/mol. The summed E-state index contributed by atoms with van der Waals surface area (Å²) in [5.74, 6) is 0. The average Bonchev–Trinajstić information content (AvgIpc) is 2.31. The number of nitrogens with two attached hydrogens (primary N) is 1. The molecule has 1 saturated carbocycles. The van der Waals surface area contributed by atoms with E-state index in [1.165, 1.54) is 71.1 Å². The molecule has 1 saturated heterocycles. The Hall–Kier alpha value is -0.120. The largest absolute Gasteiger partial charge is 0.329 e. The van der Waals surface area contributed by atoms with E-state index in [0.717, 1.165) is 6.54 Å². The van der Waals surface area contributed by atoms with Crippen molar-refractivity contribution >= 4 is 0 Å². The van der Waals surface area contributed by atoms with Crippen LogP contribution < -0.4 is 5.73 Å². The Morgan fingerprint density at radius 1 is 0.882 bits per heavy atom. The fourth-order valence-electron chi connectivity index (χ4n) is 3.49. The summed E-state index contributed by atoms with van der Waals surface area (Å²) >= 11 is 0. The maximum atomic E-state index is 6.17. The van der Waals surface area contributed by atoms with E-state index in [1.807, 2.05) is 0 Å². The molecule has 2 fully saturated rings. The van der Waals surface area contributed by atoms with E-state index in [2.05, 4.69) is 16.8 Å². The van der Waals surface area contributed by atoms with E-state index in [9.17, 15) is 0 Å². The quantitative estimate of drug-likeness (QED) is 0.796. The van der Waals surface area contributed by atoms with Crippen LogP contribution in [-0.4, -0.2) is 55.1 Å². The molecule has 0 aromatic carbocycles. The fourth-order valence-corrected chi connectivity index (χ4v) is 3.49. The zero-order valence-corrected chi connectivity index (χ0v) is 11.5. The molecule has 3 heteroatoms. The van der Waals surface area contributed by atoms with Crippen LogP contribution in [0, 0.1) is 0 Å². The Balaban J connectivity index is 2.00. The highest BCUT2D eigenvalue weighted by molar-refractivity contribution is 4.94. The number of piperazine rings is 1. The normalized spacial score (nSPS) is 28.6. The van der Waals surface area contributed by atoms with Gasteiger partial charge in [0.15, 0.2) is 0 Å². The van der Waals surface area contributed by atoms with Crippen LogP contribution in [-0.2, 0) is 0 Å². The molecule has 1 aliphatic heterocycles. The Kier molecular flexibility index (Phi) is 4.83. The molecule has 0 amide bonds. The molecule has 17 heavy (non-hydrogen) atoms. The number of likely N-dealkylation sites (N-methyl/N-ethyl adjacent to an activating group) is 1. The molecule has 0 bridgehead atoms. The van der Waals surface area contributed by atoms with Crippen LogP contribution in [0.5, 0.6) is 0 Å². The topological polar surface area (TPSA) is 32.5 Å². The van der Waals surface area contributed by atoms with E-state index in [0.29, 0.717) is 5.54 Å². The van der Waals surface area contributed by atoms with Crippen LogP contribution in [0.3, 0.4) is 0 Å². The van der Waals surface area contributed by atoms with Crippen molar-refractivity contribution in [2.45, 2.75) is 50.5 Å². The zero-order valence-electron chi connectivity index (χ0n) is 11.5. The first-order valence-electron chi connectivity index (χ1n) is 7.40. The summed E-state index contributed by atoms with van der Waals surface area (Å²) in [4.78, 5) is 5.14. The van der Waals surface area contributed by atoms with Crippen LogP contribution >= 0.6 is 0 Å². The molecule has 3 nitrogen and oxygen atoms in total. The Bertz CT molecular complexity index is 214. The zero-order chi connectivity index (χ0) is 12.1. The standard InChI is InChI=1S/C14H29N3/c1-16-9-11-17(12-10-16)14(13-15)7-5-3-2-4-6-8-14/h2-13,15H2,1H3. The van der Waals surface area contributed by atoms with Gasteiger partial charge in [-0.05, 0) is 19.9 Å². The minimum atomic E-state index is 0.335. The lowest BCUT2D eigenvalue weighted by atomic mass is 9.82. The molecule has 0 aromatic heterocycles. The van der Waals surface area contributed by atoms with Crippen molar-refractivity contribution in [3.8, 4) is 0 Å². The van der Waals surface area contributed by atoms with Crippen molar-refractivity contribution in [3.63, 3.8) is 0 Å². The van der Waals surface area contributed by atoms with Crippen molar-refractivity contribution in [3.05, 3.63) is 0 Å². The SMILES string of the molecule is CN1CCN(C2(CN)CCCCCCC2)CC1. The molecule has 2 N–H and O–H groups in total. The number of hydrogen-bond acceptors (Lipinski definition) is 3. The van der Waals surface area contributed by atoms with Gasteiger partial charge in [0.2, 0.25) is 0 Å². The number of hydrogen-bond donors (Lipinski definition) is 1. The summed E-state index contributed by atoms with van der Waals surface area (Å²) in [5, 5.41) is 0. The lowest BCUT2D eigenvalue weighted by Crippen LogP contribution is -2.59. The molecule has 100 valence electrons. The van der Waals surface area contributed by atoms with Crippen molar-refractivity contribution < 1.29 is 0 Å². The third-order valence-corrected chi connectivity index (χ3v) is 4.84. The lowest BCUT2D eigenvalue weighted by molar-refractivity contribution is 0.0264. The van der Waals surface area contributed by atoms with Gasteiger partial charge in [-0.2, -0.15) is 0 Å². The van der Waals surface area contributed by atoms with Crippen LogP contribution in [0.2, 0.25) is 0 Å². The Morgan fingerprint density at radius 2 is 1.41 bits per heavy atom. The number of nitrogens with zero attached hydrogens (tertiary/aromatic N) is 2. The molecular weight excluding hydrogens is 210 g/mol. The third-order valence-electron chi connectivity index (χ3n) is 4.84. The van der Waals surface area contributed by atoms with E-state index in [-0.39, 0.29) is 0 Å². The minimum Gasteiger partial charge on any atom is -0.329 e. The summed E-state index contributed by atoms with van der Waals surface area (Å²) in [6.07, 6.45) is 9.67. The molecule has 1 heterocycles. The minimum absolute atomic E-state index is 0.335. The van der Waals surface area contributed by atoms with E-state index >= 15 is 0 Å². The van der Waals surface area contributed by atoms with Gasteiger partial charge in [0, 0.05) is 38.3 Å². The summed E-state index contributed by atoms with van der Waals surface area (Å²) in [6.45, 7) is 5.71. The van der Waals surface area contributed by atoms with Crippen molar-refractivity contribution in [2.75, 3.05) is 39.8 Å². The van der Waals surface area contributed by atoms with Gasteiger partial charge in [-0.1, -0.05) is 32.1 Å². The fraction of sp³-hybridized carbons (Fsp3) is 1.00. The summed E-state index contributed by atoms with van der Waals surface area (Å²) in [6, 6.07) is 0. The monoisotopic (exact) mass is 239 g/mol. The molecule has 0 spiro atoms. The van der Waals surface area contributed by atoms with Gasteiger partial charge in [-0.25, -0.2) is 0 Å². The van der Waals surface area contributed by atoms with Crippen LogP contribution in [0.1, 0.15) is 44.9 Å². The van der Waals surface area contributed by atoms with Gasteiger partial charge in [0.05, 0.1) is 0 Å². The van der Waals surface area contributed by atoms with Crippen molar-refractivity contribution in [2.24, 2.45) is 5.73 Å². The maximum Gasteiger partial charge on any atom is 0.0332 e. The van der Waals surface area contributed by atoms with Gasteiger partial charge in [-0.3, -0.25) is 4.90 Å².